The average molecular weight is 280 g/mol. The zero-order chi connectivity index (χ0) is 14.0. The van der Waals surface area contributed by atoms with E-state index in [0.717, 1.165) is 29.1 Å². The Morgan fingerprint density at radius 1 is 0.952 bits per heavy atom. The van der Waals surface area contributed by atoms with E-state index in [1.54, 1.807) is 6.07 Å². The topological polar surface area (TPSA) is 30.2 Å². The molecular formula is C19H20O2. The molecule has 4 aliphatic rings. The second-order valence-electron chi connectivity index (χ2n) is 7.67. The summed E-state index contributed by atoms with van der Waals surface area (Å²) in [5, 5.41) is 0.714. The maximum absolute atomic E-state index is 12.4. The van der Waals surface area contributed by atoms with Crippen LogP contribution in [0.15, 0.2) is 39.5 Å². The minimum absolute atomic E-state index is 0.127. The van der Waals surface area contributed by atoms with E-state index in [1.807, 2.05) is 24.3 Å². The lowest BCUT2D eigenvalue weighted by atomic mass is 9.49. The number of benzene rings is 1. The second-order valence-corrected chi connectivity index (χ2v) is 7.67. The predicted octanol–water partition coefficient (Wildman–Crippen LogP) is 4.26. The Morgan fingerprint density at radius 3 is 2.24 bits per heavy atom. The highest BCUT2D eigenvalue weighted by atomic mass is 16.3. The Kier molecular flexibility index (Phi) is 2.29. The third-order valence-corrected chi connectivity index (χ3v) is 6.20. The Morgan fingerprint density at radius 2 is 1.57 bits per heavy atom. The molecule has 4 fully saturated rings. The van der Waals surface area contributed by atoms with Gasteiger partial charge in [-0.2, -0.15) is 0 Å². The maximum Gasteiger partial charge on any atom is 0.192 e. The van der Waals surface area contributed by atoms with Crippen LogP contribution >= 0.6 is 0 Å². The highest BCUT2D eigenvalue weighted by molar-refractivity contribution is 5.76. The van der Waals surface area contributed by atoms with E-state index in [4.69, 9.17) is 4.42 Å². The van der Waals surface area contributed by atoms with Gasteiger partial charge >= 0.3 is 0 Å². The van der Waals surface area contributed by atoms with E-state index in [-0.39, 0.29) is 10.8 Å². The molecule has 0 N–H and O–H groups in total. The van der Waals surface area contributed by atoms with Gasteiger partial charge in [0.15, 0.2) is 5.43 Å². The van der Waals surface area contributed by atoms with Gasteiger partial charge in [0.2, 0.25) is 0 Å². The molecule has 0 spiro atoms. The first kappa shape index (κ1) is 12.0. The van der Waals surface area contributed by atoms with Crippen LogP contribution in [-0.4, -0.2) is 0 Å². The molecule has 0 saturated heterocycles. The molecule has 108 valence electrons. The van der Waals surface area contributed by atoms with Crippen molar-refractivity contribution in [1.29, 1.82) is 0 Å². The van der Waals surface area contributed by atoms with Gasteiger partial charge in [0.25, 0.3) is 0 Å². The van der Waals surface area contributed by atoms with Crippen LogP contribution in [0.5, 0.6) is 0 Å². The fourth-order valence-corrected chi connectivity index (χ4v) is 5.78. The van der Waals surface area contributed by atoms with Gasteiger partial charge in [-0.1, -0.05) is 12.1 Å². The van der Waals surface area contributed by atoms with Crippen LogP contribution in [0.25, 0.3) is 11.0 Å². The molecule has 6 rings (SSSR count). The number of hydrogen-bond acceptors (Lipinski definition) is 2. The lowest BCUT2D eigenvalue weighted by Gasteiger charge is -2.56. The molecule has 1 aromatic heterocycles. The van der Waals surface area contributed by atoms with Gasteiger partial charge in [-0.15, -0.1) is 0 Å². The van der Waals surface area contributed by atoms with Crippen molar-refractivity contribution in [2.24, 2.45) is 17.8 Å². The van der Waals surface area contributed by atoms with E-state index in [0.29, 0.717) is 5.39 Å². The second kappa shape index (κ2) is 4.00. The highest BCUT2D eigenvalue weighted by Crippen LogP contribution is 2.60. The smallest absolute Gasteiger partial charge is 0.192 e. The standard InChI is InChI=1S/C19H20O2/c20-16-8-18(21-17-4-2-1-3-15(16)17)19-9-12-5-13(10-19)7-14(6-12)11-19/h1-4,8,12-14H,5-7,9-11H2. The Labute approximate surface area is 124 Å². The fraction of sp³-hybridized carbons (Fsp3) is 0.526. The van der Waals surface area contributed by atoms with Crippen LogP contribution in [-0.2, 0) is 5.41 Å². The van der Waals surface area contributed by atoms with Crippen LogP contribution in [0, 0.1) is 17.8 Å². The Hall–Kier alpha value is -1.57. The number of fused-ring (bicyclic) bond motifs is 1. The van der Waals surface area contributed by atoms with Gasteiger partial charge in [-0.3, -0.25) is 4.79 Å². The lowest BCUT2D eigenvalue weighted by molar-refractivity contribution is -0.0150. The summed E-state index contributed by atoms with van der Waals surface area (Å²) in [6, 6.07) is 9.46. The summed E-state index contributed by atoms with van der Waals surface area (Å²) in [4.78, 5) is 12.4. The van der Waals surface area contributed by atoms with Crippen LogP contribution in [0.1, 0.15) is 44.3 Å². The fourth-order valence-electron chi connectivity index (χ4n) is 5.78. The monoisotopic (exact) mass is 280 g/mol. The van der Waals surface area contributed by atoms with E-state index in [9.17, 15) is 4.79 Å². The van der Waals surface area contributed by atoms with Gasteiger partial charge in [0, 0.05) is 11.5 Å². The molecular weight excluding hydrogens is 260 g/mol. The quantitative estimate of drug-likeness (QED) is 0.781. The molecule has 0 unspecified atom stereocenters. The molecule has 2 nitrogen and oxygen atoms in total. The molecule has 1 heterocycles. The van der Waals surface area contributed by atoms with Crippen LogP contribution in [0.3, 0.4) is 0 Å². The van der Waals surface area contributed by atoms with Gasteiger partial charge in [-0.25, -0.2) is 0 Å². The third-order valence-electron chi connectivity index (χ3n) is 6.20. The summed E-state index contributed by atoms with van der Waals surface area (Å²) in [7, 11) is 0. The molecule has 2 aromatic rings. The van der Waals surface area contributed by atoms with Crippen molar-refractivity contribution >= 4 is 11.0 Å². The summed E-state index contributed by atoms with van der Waals surface area (Å²) in [5.74, 6) is 3.58. The minimum atomic E-state index is 0.127. The van der Waals surface area contributed by atoms with E-state index >= 15 is 0 Å². The van der Waals surface area contributed by atoms with Crippen LogP contribution < -0.4 is 5.43 Å². The zero-order valence-corrected chi connectivity index (χ0v) is 12.2. The SMILES string of the molecule is O=c1cc(C23CC4CC(CC(C4)C2)C3)oc2ccccc12. The van der Waals surface area contributed by atoms with Crippen molar-refractivity contribution in [3.8, 4) is 0 Å². The largest absolute Gasteiger partial charge is 0.460 e. The average Bonchev–Trinajstić information content (AvgIpc) is 2.46. The first-order chi connectivity index (χ1) is 10.2. The molecule has 0 atom stereocenters. The lowest BCUT2D eigenvalue weighted by Crippen LogP contribution is -2.48. The zero-order valence-electron chi connectivity index (χ0n) is 12.2. The molecule has 0 amide bonds. The Bertz CT molecular complexity index is 735. The van der Waals surface area contributed by atoms with Crippen molar-refractivity contribution in [2.45, 2.75) is 43.9 Å². The molecule has 4 aliphatic carbocycles. The first-order valence-corrected chi connectivity index (χ1v) is 8.25. The molecule has 4 bridgehead atoms. The number of hydrogen-bond donors (Lipinski definition) is 0. The van der Waals surface area contributed by atoms with E-state index in [2.05, 4.69) is 0 Å². The van der Waals surface area contributed by atoms with E-state index in [1.165, 1.54) is 38.5 Å². The molecule has 21 heavy (non-hydrogen) atoms. The Balaban J connectivity index is 1.69. The molecule has 2 heteroatoms. The van der Waals surface area contributed by atoms with Crippen molar-refractivity contribution in [1.82, 2.24) is 0 Å². The molecule has 1 aromatic carbocycles. The molecule has 0 aliphatic heterocycles. The maximum atomic E-state index is 12.4. The summed E-state index contributed by atoms with van der Waals surface area (Å²) < 4.78 is 6.23. The van der Waals surface area contributed by atoms with Crippen molar-refractivity contribution < 1.29 is 4.42 Å². The van der Waals surface area contributed by atoms with Gasteiger partial charge in [0.05, 0.1) is 5.39 Å². The van der Waals surface area contributed by atoms with Crippen molar-refractivity contribution in [3.63, 3.8) is 0 Å². The normalized spacial score (nSPS) is 37.2. The van der Waals surface area contributed by atoms with Crippen LogP contribution in [0.4, 0.5) is 0 Å². The summed E-state index contributed by atoms with van der Waals surface area (Å²) in [6.45, 7) is 0. The van der Waals surface area contributed by atoms with Crippen molar-refractivity contribution in [2.75, 3.05) is 0 Å². The van der Waals surface area contributed by atoms with Gasteiger partial charge in [0.1, 0.15) is 11.3 Å². The van der Waals surface area contributed by atoms with Crippen LogP contribution in [0.2, 0.25) is 0 Å². The first-order valence-electron chi connectivity index (χ1n) is 8.25. The number of rotatable bonds is 1. The third kappa shape index (κ3) is 1.68. The summed E-state index contributed by atoms with van der Waals surface area (Å²) >= 11 is 0. The number of para-hydroxylation sites is 1. The summed E-state index contributed by atoms with van der Waals surface area (Å²) in [5.41, 5.74) is 1.05. The van der Waals surface area contributed by atoms with Gasteiger partial charge in [-0.05, 0) is 68.4 Å². The minimum Gasteiger partial charge on any atom is -0.460 e. The van der Waals surface area contributed by atoms with Gasteiger partial charge < -0.3 is 4.42 Å². The van der Waals surface area contributed by atoms with Crippen molar-refractivity contribution in [3.05, 3.63) is 46.3 Å². The highest BCUT2D eigenvalue weighted by Gasteiger charge is 2.53. The predicted molar refractivity (Wildman–Crippen MR) is 82.3 cm³/mol. The van der Waals surface area contributed by atoms with E-state index < -0.39 is 0 Å². The summed E-state index contributed by atoms with van der Waals surface area (Å²) in [6.07, 6.45) is 7.95. The molecule has 0 radical (unpaired) electrons. The molecule has 4 saturated carbocycles.